The van der Waals surface area contributed by atoms with E-state index in [4.69, 9.17) is 9.84 Å². The van der Waals surface area contributed by atoms with Gasteiger partial charge >= 0.3 is 0 Å². The molecule has 1 atom stereocenters. The topological polar surface area (TPSA) is 49.8 Å². The molecule has 4 nitrogen and oxygen atoms in total. The fourth-order valence-corrected chi connectivity index (χ4v) is 2.14. The predicted octanol–water partition coefficient (Wildman–Crippen LogP) is 1.68. The van der Waals surface area contributed by atoms with E-state index in [1.54, 1.807) is 17.1 Å². The molecule has 1 unspecified atom stereocenters. The van der Waals surface area contributed by atoms with Crippen LogP contribution in [0.5, 0.6) is 0 Å². The highest BCUT2D eigenvalue weighted by Crippen LogP contribution is 2.12. The Bertz CT molecular complexity index is 458. The molecule has 1 aromatic carbocycles. The quantitative estimate of drug-likeness (QED) is 0.860. The van der Waals surface area contributed by atoms with Gasteiger partial charge in [0, 0.05) is 23.6 Å². The molecule has 1 aromatic rings. The summed E-state index contributed by atoms with van der Waals surface area (Å²) in [5, 5.41) is 9.04. The third-order valence-electron chi connectivity index (χ3n) is 2.94. The first-order valence-electron chi connectivity index (χ1n) is 6.14. The van der Waals surface area contributed by atoms with Gasteiger partial charge < -0.3 is 14.7 Å². The smallest absolute Gasteiger partial charge is 0.246 e. The second kappa shape index (κ2) is 6.84. The maximum absolute atomic E-state index is 12.0. The summed E-state index contributed by atoms with van der Waals surface area (Å²) < 4.78 is 6.32. The Labute approximate surface area is 120 Å². The van der Waals surface area contributed by atoms with Crippen molar-refractivity contribution in [1.29, 1.82) is 0 Å². The van der Waals surface area contributed by atoms with Gasteiger partial charge in [0.05, 0.1) is 19.3 Å². The van der Waals surface area contributed by atoms with Crippen molar-refractivity contribution in [3.63, 3.8) is 0 Å². The average molecular weight is 326 g/mol. The zero-order valence-electron chi connectivity index (χ0n) is 10.5. The summed E-state index contributed by atoms with van der Waals surface area (Å²) in [4.78, 5) is 13.7. The van der Waals surface area contributed by atoms with E-state index in [0.717, 1.165) is 10.0 Å². The summed E-state index contributed by atoms with van der Waals surface area (Å²) in [7, 11) is 0. The molecule has 1 fully saturated rings. The number of hydrogen-bond donors (Lipinski definition) is 1. The minimum atomic E-state index is -0.265. The van der Waals surface area contributed by atoms with Crippen molar-refractivity contribution >= 4 is 27.9 Å². The van der Waals surface area contributed by atoms with Gasteiger partial charge in [-0.2, -0.15) is 0 Å². The lowest BCUT2D eigenvalue weighted by Crippen LogP contribution is -2.46. The van der Waals surface area contributed by atoms with Crippen LogP contribution in [-0.2, 0) is 9.53 Å². The van der Waals surface area contributed by atoms with Gasteiger partial charge in [0.25, 0.3) is 0 Å². The number of hydrogen-bond acceptors (Lipinski definition) is 3. The molecule has 5 heteroatoms. The fraction of sp³-hybridized carbons (Fsp3) is 0.357. The number of aliphatic hydroxyl groups is 1. The van der Waals surface area contributed by atoms with Crippen LogP contribution in [0.1, 0.15) is 5.56 Å². The highest BCUT2D eigenvalue weighted by atomic mass is 79.9. The lowest BCUT2D eigenvalue weighted by molar-refractivity contribution is -0.134. The molecule has 1 heterocycles. The number of nitrogens with zero attached hydrogens (tertiary/aromatic N) is 1. The molecule has 1 aliphatic rings. The minimum absolute atomic E-state index is 0.0512. The molecule has 0 spiro atoms. The summed E-state index contributed by atoms with van der Waals surface area (Å²) >= 11 is 3.37. The van der Waals surface area contributed by atoms with Gasteiger partial charge in [0.2, 0.25) is 5.91 Å². The zero-order chi connectivity index (χ0) is 13.7. The second-order valence-electron chi connectivity index (χ2n) is 4.34. The van der Waals surface area contributed by atoms with Crippen molar-refractivity contribution in [2.75, 3.05) is 26.3 Å². The van der Waals surface area contributed by atoms with Gasteiger partial charge in [-0.1, -0.05) is 28.1 Å². The molecule has 0 aliphatic carbocycles. The van der Waals surface area contributed by atoms with E-state index >= 15 is 0 Å². The molecule has 19 heavy (non-hydrogen) atoms. The summed E-state index contributed by atoms with van der Waals surface area (Å²) in [5.41, 5.74) is 0.975. The van der Waals surface area contributed by atoms with Gasteiger partial charge in [-0.15, -0.1) is 0 Å². The Morgan fingerprint density at radius 1 is 1.47 bits per heavy atom. The number of morpholine rings is 1. The number of ether oxygens (including phenoxy) is 1. The molecule has 1 amide bonds. The Morgan fingerprint density at radius 2 is 2.21 bits per heavy atom. The summed E-state index contributed by atoms with van der Waals surface area (Å²) in [6.07, 6.45) is 3.08. The predicted molar refractivity (Wildman–Crippen MR) is 76.6 cm³/mol. The van der Waals surface area contributed by atoms with Crippen molar-refractivity contribution in [3.05, 3.63) is 40.4 Å². The molecule has 2 rings (SSSR count). The van der Waals surface area contributed by atoms with Crippen LogP contribution in [0, 0.1) is 0 Å². The van der Waals surface area contributed by atoms with Gasteiger partial charge in [-0.25, -0.2) is 0 Å². The second-order valence-corrected chi connectivity index (χ2v) is 5.26. The lowest BCUT2D eigenvalue weighted by Gasteiger charge is -2.31. The first-order chi connectivity index (χ1) is 9.19. The normalized spacial score (nSPS) is 19.9. The van der Waals surface area contributed by atoms with E-state index in [0.29, 0.717) is 19.7 Å². The molecule has 102 valence electrons. The van der Waals surface area contributed by atoms with Crippen molar-refractivity contribution in [3.8, 4) is 0 Å². The van der Waals surface area contributed by atoms with Gasteiger partial charge in [-0.3, -0.25) is 4.79 Å². The molecule has 1 saturated heterocycles. The average Bonchev–Trinajstić information content (AvgIpc) is 2.46. The summed E-state index contributed by atoms with van der Waals surface area (Å²) in [6, 6.07) is 7.73. The van der Waals surface area contributed by atoms with Crippen LogP contribution in [0.25, 0.3) is 6.08 Å². The Morgan fingerprint density at radius 3 is 2.89 bits per heavy atom. The largest absolute Gasteiger partial charge is 0.394 e. The molecular weight excluding hydrogens is 310 g/mol. The fourth-order valence-electron chi connectivity index (χ4n) is 1.88. The van der Waals surface area contributed by atoms with Crippen LogP contribution in [0.2, 0.25) is 0 Å². The monoisotopic (exact) mass is 325 g/mol. The first kappa shape index (κ1) is 14.2. The number of halogens is 1. The molecule has 0 radical (unpaired) electrons. The first-order valence-corrected chi connectivity index (χ1v) is 6.93. The van der Waals surface area contributed by atoms with Crippen molar-refractivity contribution < 1.29 is 14.6 Å². The van der Waals surface area contributed by atoms with Crippen molar-refractivity contribution in [2.24, 2.45) is 0 Å². The zero-order valence-corrected chi connectivity index (χ0v) is 12.0. The standard InChI is InChI=1S/C14H16BrNO3/c15-12-4-1-11(2-5-12)3-6-14(18)16-7-8-19-13(9-16)10-17/h1-6,13,17H,7-10H2/b6-3+. The molecule has 0 bridgehead atoms. The Hall–Kier alpha value is -1.17. The number of rotatable bonds is 3. The number of carbonyl (C=O) groups excluding carboxylic acids is 1. The Balaban J connectivity index is 1.94. The van der Waals surface area contributed by atoms with Crippen molar-refractivity contribution in [2.45, 2.75) is 6.10 Å². The van der Waals surface area contributed by atoms with Crippen LogP contribution in [0.3, 0.4) is 0 Å². The number of benzene rings is 1. The number of amides is 1. The molecule has 0 saturated carbocycles. The van der Waals surface area contributed by atoms with Crippen LogP contribution in [-0.4, -0.2) is 48.3 Å². The maximum Gasteiger partial charge on any atom is 0.246 e. The lowest BCUT2D eigenvalue weighted by atomic mass is 10.2. The van der Waals surface area contributed by atoms with Crippen molar-refractivity contribution in [1.82, 2.24) is 4.90 Å². The van der Waals surface area contributed by atoms with Crippen LogP contribution in [0.15, 0.2) is 34.8 Å². The van der Waals surface area contributed by atoms with Crippen LogP contribution < -0.4 is 0 Å². The SMILES string of the molecule is O=C(/C=C/c1ccc(Br)cc1)N1CCOC(CO)C1. The van der Waals surface area contributed by atoms with E-state index in [1.165, 1.54) is 0 Å². The van der Waals surface area contributed by atoms with E-state index < -0.39 is 0 Å². The van der Waals surface area contributed by atoms with E-state index in [9.17, 15) is 4.79 Å². The van der Waals surface area contributed by atoms with E-state index in [1.807, 2.05) is 24.3 Å². The maximum atomic E-state index is 12.0. The highest BCUT2D eigenvalue weighted by Gasteiger charge is 2.21. The minimum Gasteiger partial charge on any atom is -0.394 e. The van der Waals surface area contributed by atoms with Gasteiger partial charge in [0.15, 0.2) is 0 Å². The van der Waals surface area contributed by atoms with Crippen LogP contribution in [0.4, 0.5) is 0 Å². The third kappa shape index (κ3) is 4.16. The molecule has 1 N–H and O–H groups in total. The molecule has 0 aromatic heterocycles. The highest BCUT2D eigenvalue weighted by molar-refractivity contribution is 9.10. The number of carbonyl (C=O) groups is 1. The summed E-state index contributed by atoms with van der Waals surface area (Å²) in [5.74, 6) is -0.0512. The molecular formula is C14H16BrNO3. The van der Waals surface area contributed by atoms with Crippen LogP contribution >= 0.6 is 15.9 Å². The molecule has 1 aliphatic heterocycles. The van der Waals surface area contributed by atoms with Gasteiger partial charge in [-0.05, 0) is 23.8 Å². The Kier molecular flexibility index (Phi) is 5.13. The van der Waals surface area contributed by atoms with E-state index in [2.05, 4.69) is 15.9 Å². The van der Waals surface area contributed by atoms with Gasteiger partial charge in [0.1, 0.15) is 0 Å². The summed E-state index contributed by atoms with van der Waals surface area (Å²) in [6.45, 7) is 1.43. The van der Waals surface area contributed by atoms with E-state index in [-0.39, 0.29) is 18.6 Å². The number of aliphatic hydroxyl groups excluding tert-OH is 1. The third-order valence-corrected chi connectivity index (χ3v) is 3.47.